The summed E-state index contributed by atoms with van der Waals surface area (Å²) in [6.45, 7) is 1.77. The molecule has 0 atom stereocenters. The molecule has 2 rings (SSSR count). The topological polar surface area (TPSA) is 52.3 Å². The molecular formula is C16H16FNO2. The second kappa shape index (κ2) is 6.19. The Morgan fingerprint density at radius 2 is 1.95 bits per heavy atom. The maximum atomic E-state index is 13.8. The molecule has 0 heterocycles. The molecule has 20 heavy (non-hydrogen) atoms. The van der Waals surface area contributed by atoms with Gasteiger partial charge in [0.2, 0.25) is 0 Å². The van der Waals surface area contributed by atoms with Crippen molar-refractivity contribution < 1.29 is 13.9 Å². The Kier molecular flexibility index (Phi) is 4.35. The number of carbonyl (C=O) groups is 1. The van der Waals surface area contributed by atoms with Crippen LogP contribution < -0.4 is 5.73 Å². The van der Waals surface area contributed by atoms with E-state index in [9.17, 15) is 9.18 Å². The molecule has 3 nitrogen and oxygen atoms in total. The van der Waals surface area contributed by atoms with Crippen LogP contribution >= 0.6 is 0 Å². The quantitative estimate of drug-likeness (QED) is 0.688. The highest BCUT2D eigenvalue weighted by Crippen LogP contribution is 2.18. The number of rotatable bonds is 4. The normalized spacial score (nSPS) is 10.3. The van der Waals surface area contributed by atoms with E-state index >= 15 is 0 Å². The molecule has 2 N–H and O–H groups in total. The van der Waals surface area contributed by atoms with Gasteiger partial charge in [0.1, 0.15) is 5.82 Å². The Hall–Kier alpha value is -2.36. The molecule has 4 heteroatoms. The number of anilines is 1. The third kappa shape index (κ3) is 3.35. The summed E-state index contributed by atoms with van der Waals surface area (Å²) in [6.07, 6.45) is 0.593. The van der Waals surface area contributed by atoms with Crippen molar-refractivity contribution in [2.45, 2.75) is 13.3 Å². The summed E-state index contributed by atoms with van der Waals surface area (Å²) in [7, 11) is 0. The monoisotopic (exact) mass is 273 g/mol. The summed E-state index contributed by atoms with van der Waals surface area (Å²) in [5.74, 6) is -1.27. The summed E-state index contributed by atoms with van der Waals surface area (Å²) in [6, 6.07) is 12.4. The SMILES string of the molecule is Cc1cc(N)cc(C(=O)OCCc2ccccc2)c1F. The molecule has 0 aliphatic carbocycles. The summed E-state index contributed by atoms with van der Waals surface area (Å²) >= 11 is 0. The molecule has 104 valence electrons. The van der Waals surface area contributed by atoms with Crippen LogP contribution in [-0.4, -0.2) is 12.6 Å². The Morgan fingerprint density at radius 1 is 1.25 bits per heavy atom. The predicted molar refractivity (Wildman–Crippen MR) is 76.0 cm³/mol. The number of nitrogen functional groups attached to an aromatic ring is 1. The Balaban J connectivity index is 1.99. The van der Waals surface area contributed by atoms with E-state index < -0.39 is 11.8 Å². The van der Waals surface area contributed by atoms with Crippen LogP contribution in [0.5, 0.6) is 0 Å². The molecule has 0 aliphatic heterocycles. The van der Waals surface area contributed by atoms with Crippen molar-refractivity contribution in [3.05, 3.63) is 65.0 Å². The van der Waals surface area contributed by atoms with Crippen LogP contribution in [0.2, 0.25) is 0 Å². The Morgan fingerprint density at radius 3 is 2.65 bits per heavy atom. The van der Waals surface area contributed by atoms with Crippen molar-refractivity contribution in [2.24, 2.45) is 0 Å². The van der Waals surface area contributed by atoms with Crippen LogP contribution in [0.25, 0.3) is 0 Å². The molecule has 0 bridgehead atoms. The number of hydrogen-bond acceptors (Lipinski definition) is 3. The lowest BCUT2D eigenvalue weighted by molar-refractivity contribution is 0.0504. The fourth-order valence-electron chi connectivity index (χ4n) is 1.93. The van der Waals surface area contributed by atoms with E-state index in [0.717, 1.165) is 5.56 Å². The highest BCUT2D eigenvalue weighted by Gasteiger charge is 2.15. The summed E-state index contributed by atoms with van der Waals surface area (Å²) in [5, 5.41) is 0. The summed E-state index contributed by atoms with van der Waals surface area (Å²) < 4.78 is 18.9. The van der Waals surface area contributed by atoms with E-state index in [-0.39, 0.29) is 12.2 Å². The first-order chi connectivity index (χ1) is 9.58. The Bertz CT molecular complexity index is 611. The standard InChI is InChI=1S/C16H16FNO2/c1-11-9-13(18)10-14(15(11)17)16(19)20-8-7-12-5-3-2-4-6-12/h2-6,9-10H,7-8,18H2,1H3. The zero-order valence-electron chi connectivity index (χ0n) is 11.2. The smallest absolute Gasteiger partial charge is 0.341 e. The van der Waals surface area contributed by atoms with Crippen molar-refractivity contribution in [3.8, 4) is 0 Å². The summed E-state index contributed by atoms with van der Waals surface area (Å²) in [5.41, 5.74) is 7.24. The first-order valence-electron chi connectivity index (χ1n) is 6.34. The summed E-state index contributed by atoms with van der Waals surface area (Å²) in [4.78, 5) is 11.8. The highest BCUT2D eigenvalue weighted by molar-refractivity contribution is 5.91. The number of halogens is 1. The average molecular weight is 273 g/mol. The first-order valence-corrected chi connectivity index (χ1v) is 6.34. The minimum atomic E-state index is -0.686. The molecule has 2 aromatic rings. The second-order valence-electron chi connectivity index (χ2n) is 4.57. The third-order valence-electron chi connectivity index (χ3n) is 2.96. The maximum Gasteiger partial charge on any atom is 0.341 e. The number of nitrogens with two attached hydrogens (primary N) is 1. The predicted octanol–water partition coefficient (Wildman–Crippen LogP) is 3.12. The molecule has 0 fully saturated rings. The van der Waals surface area contributed by atoms with Gasteiger partial charge in [-0.05, 0) is 30.2 Å². The number of hydrogen-bond donors (Lipinski definition) is 1. The zero-order chi connectivity index (χ0) is 14.5. The number of ether oxygens (including phenoxy) is 1. The van der Waals surface area contributed by atoms with Crippen LogP contribution in [0.15, 0.2) is 42.5 Å². The zero-order valence-corrected chi connectivity index (χ0v) is 11.2. The highest BCUT2D eigenvalue weighted by atomic mass is 19.1. The van der Waals surface area contributed by atoms with E-state index in [4.69, 9.17) is 10.5 Å². The van der Waals surface area contributed by atoms with E-state index in [0.29, 0.717) is 17.7 Å². The minimum Gasteiger partial charge on any atom is -0.462 e. The van der Waals surface area contributed by atoms with Crippen molar-refractivity contribution in [1.82, 2.24) is 0 Å². The lowest BCUT2D eigenvalue weighted by atomic mass is 10.1. The van der Waals surface area contributed by atoms with E-state index in [1.165, 1.54) is 12.1 Å². The first kappa shape index (κ1) is 14.1. The lowest BCUT2D eigenvalue weighted by Gasteiger charge is -2.08. The van der Waals surface area contributed by atoms with E-state index in [1.54, 1.807) is 6.92 Å². The molecule has 2 aromatic carbocycles. The van der Waals surface area contributed by atoms with Crippen LogP contribution in [0, 0.1) is 12.7 Å². The van der Waals surface area contributed by atoms with Crippen molar-refractivity contribution in [2.75, 3.05) is 12.3 Å². The van der Waals surface area contributed by atoms with Gasteiger partial charge in [-0.1, -0.05) is 30.3 Å². The number of esters is 1. The third-order valence-corrected chi connectivity index (χ3v) is 2.96. The molecule has 0 aliphatic rings. The molecular weight excluding hydrogens is 257 g/mol. The van der Waals surface area contributed by atoms with Crippen LogP contribution in [-0.2, 0) is 11.2 Å². The number of benzene rings is 2. The average Bonchev–Trinajstić information content (AvgIpc) is 2.44. The van der Waals surface area contributed by atoms with Crippen LogP contribution in [0.1, 0.15) is 21.5 Å². The molecule has 0 saturated heterocycles. The maximum absolute atomic E-state index is 13.8. The van der Waals surface area contributed by atoms with Crippen molar-refractivity contribution >= 4 is 11.7 Å². The van der Waals surface area contributed by atoms with Gasteiger partial charge in [-0.2, -0.15) is 0 Å². The van der Waals surface area contributed by atoms with Gasteiger partial charge < -0.3 is 10.5 Å². The molecule has 0 aromatic heterocycles. The fourth-order valence-corrected chi connectivity index (χ4v) is 1.93. The molecule has 0 spiro atoms. The van der Waals surface area contributed by atoms with Gasteiger partial charge in [-0.15, -0.1) is 0 Å². The van der Waals surface area contributed by atoms with Gasteiger partial charge in [0.15, 0.2) is 0 Å². The van der Waals surface area contributed by atoms with Gasteiger partial charge in [0.25, 0.3) is 0 Å². The lowest BCUT2D eigenvalue weighted by Crippen LogP contribution is -2.11. The van der Waals surface area contributed by atoms with Gasteiger partial charge in [-0.3, -0.25) is 0 Å². The number of aryl methyl sites for hydroxylation is 1. The molecule has 0 radical (unpaired) electrons. The van der Waals surface area contributed by atoms with Gasteiger partial charge in [0.05, 0.1) is 12.2 Å². The minimum absolute atomic E-state index is 0.115. The molecule has 0 unspecified atom stereocenters. The van der Waals surface area contributed by atoms with Crippen molar-refractivity contribution in [1.29, 1.82) is 0 Å². The fraction of sp³-hybridized carbons (Fsp3) is 0.188. The van der Waals surface area contributed by atoms with Crippen LogP contribution in [0.3, 0.4) is 0 Å². The van der Waals surface area contributed by atoms with Crippen LogP contribution in [0.4, 0.5) is 10.1 Å². The largest absolute Gasteiger partial charge is 0.462 e. The van der Waals surface area contributed by atoms with E-state index in [2.05, 4.69) is 0 Å². The molecule has 0 saturated carbocycles. The van der Waals surface area contributed by atoms with Crippen molar-refractivity contribution in [3.63, 3.8) is 0 Å². The van der Waals surface area contributed by atoms with E-state index in [1.807, 2.05) is 30.3 Å². The Labute approximate surface area is 117 Å². The number of carbonyl (C=O) groups excluding carboxylic acids is 1. The molecule has 0 amide bonds. The van der Waals surface area contributed by atoms with Gasteiger partial charge >= 0.3 is 5.97 Å². The second-order valence-corrected chi connectivity index (χ2v) is 4.57. The van der Waals surface area contributed by atoms with Gasteiger partial charge in [-0.25, -0.2) is 9.18 Å². The van der Waals surface area contributed by atoms with Gasteiger partial charge in [0, 0.05) is 12.1 Å².